The number of Topliss-reactive ketones (excluding diaryl/α,β-unsaturated/α-hetero) is 1. The van der Waals surface area contributed by atoms with Gasteiger partial charge in [0.05, 0.1) is 20.4 Å². The fraction of sp³-hybridized carbons (Fsp3) is 0.214. The van der Waals surface area contributed by atoms with Crippen LogP contribution in [0.15, 0.2) is 30.5 Å². The van der Waals surface area contributed by atoms with Gasteiger partial charge in [-0.05, 0) is 24.3 Å². The number of benzene rings is 1. The van der Waals surface area contributed by atoms with Gasteiger partial charge in [-0.25, -0.2) is 4.98 Å². The third kappa shape index (κ3) is 3.82. The van der Waals surface area contributed by atoms with Crippen LogP contribution in [0.1, 0.15) is 10.5 Å². The Morgan fingerprint density at radius 1 is 1.19 bits per heavy atom. The summed E-state index contributed by atoms with van der Waals surface area (Å²) in [6.45, 7) is -0.182. The number of ether oxygens (including phenoxy) is 3. The van der Waals surface area contributed by atoms with E-state index in [0.717, 1.165) is 0 Å². The molecule has 0 fully saturated rings. The van der Waals surface area contributed by atoms with Gasteiger partial charge in [0.2, 0.25) is 17.5 Å². The van der Waals surface area contributed by atoms with Crippen molar-refractivity contribution in [3.8, 4) is 17.5 Å². The molecule has 110 valence electrons. The maximum atomic E-state index is 12.1. The summed E-state index contributed by atoms with van der Waals surface area (Å²) in [5.74, 6) is 0.547. The lowest BCUT2D eigenvalue weighted by atomic mass is 10.3. The molecular formula is C14H13ClN2O4. The first-order chi connectivity index (χ1) is 10.1. The molecule has 0 atom stereocenters. The van der Waals surface area contributed by atoms with Crippen molar-refractivity contribution in [2.45, 2.75) is 0 Å². The highest BCUT2D eigenvalue weighted by molar-refractivity contribution is 6.30. The van der Waals surface area contributed by atoms with Crippen molar-refractivity contribution in [3.63, 3.8) is 0 Å². The van der Waals surface area contributed by atoms with Crippen LogP contribution in [-0.4, -0.2) is 36.6 Å². The van der Waals surface area contributed by atoms with Gasteiger partial charge in [-0.15, -0.1) is 0 Å². The molecule has 6 nitrogen and oxygen atoms in total. The molecule has 21 heavy (non-hydrogen) atoms. The summed E-state index contributed by atoms with van der Waals surface area (Å²) < 4.78 is 15.3. The Balaban J connectivity index is 2.07. The summed E-state index contributed by atoms with van der Waals surface area (Å²) in [4.78, 5) is 20.1. The number of ketones is 1. The number of hydrogen-bond acceptors (Lipinski definition) is 6. The molecule has 0 spiro atoms. The zero-order valence-electron chi connectivity index (χ0n) is 11.5. The largest absolute Gasteiger partial charge is 0.485 e. The predicted octanol–water partition coefficient (Wildman–Crippen LogP) is 2.41. The van der Waals surface area contributed by atoms with Crippen LogP contribution in [0.3, 0.4) is 0 Å². The molecule has 1 aromatic carbocycles. The second-order valence-electron chi connectivity index (χ2n) is 3.94. The number of nitrogens with zero attached hydrogens (tertiary/aromatic N) is 2. The van der Waals surface area contributed by atoms with Gasteiger partial charge in [0.15, 0.2) is 12.3 Å². The third-order valence-electron chi connectivity index (χ3n) is 2.57. The number of halogens is 1. The van der Waals surface area contributed by atoms with Crippen molar-refractivity contribution in [3.05, 3.63) is 41.2 Å². The van der Waals surface area contributed by atoms with Crippen molar-refractivity contribution in [1.82, 2.24) is 9.97 Å². The van der Waals surface area contributed by atoms with E-state index in [1.165, 1.54) is 20.4 Å². The van der Waals surface area contributed by atoms with E-state index in [-0.39, 0.29) is 29.8 Å². The van der Waals surface area contributed by atoms with Crippen molar-refractivity contribution < 1.29 is 19.0 Å². The Kier molecular flexibility index (Phi) is 4.94. The number of carbonyl (C=O) groups is 1. The fourth-order valence-corrected chi connectivity index (χ4v) is 1.66. The van der Waals surface area contributed by atoms with Crippen LogP contribution in [0.2, 0.25) is 5.02 Å². The lowest BCUT2D eigenvalue weighted by Gasteiger charge is -2.08. The number of methoxy groups -OCH3 is 2. The monoisotopic (exact) mass is 308 g/mol. The normalized spacial score (nSPS) is 10.0. The average Bonchev–Trinajstić information content (AvgIpc) is 2.53. The fourth-order valence-electron chi connectivity index (χ4n) is 1.54. The molecule has 0 radical (unpaired) electrons. The van der Waals surface area contributed by atoms with Gasteiger partial charge in [-0.2, -0.15) is 4.98 Å². The molecule has 1 heterocycles. The first-order valence-corrected chi connectivity index (χ1v) is 6.38. The van der Waals surface area contributed by atoms with Crippen LogP contribution in [0.5, 0.6) is 17.5 Å². The van der Waals surface area contributed by atoms with E-state index in [1.807, 2.05) is 0 Å². The van der Waals surface area contributed by atoms with Gasteiger partial charge in [-0.3, -0.25) is 4.79 Å². The van der Waals surface area contributed by atoms with Crippen LogP contribution >= 0.6 is 11.6 Å². The Morgan fingerprint density at radius 3 is 2.52 bits per heavy atom. The van der Waals surface area contributed by atoms with Gasteiger partial charge in [0.1, 0.15) is 5.75 Å². The molecular weight excluding hydrogens is 296 g/mol. The van der Waals surface area contributed by atoms with E-state index >= 15 is 0 Å². The first kappa shape index (κ1) is 15.1. The Morgan fingerprint density at radius 2 is 1.90 bits per heavy atom. The lowest BCUT2D eigenvalue weighted by Crippen LogP contribution is -2.15. The van der Waals surface area contributed by atoms with Gasteiger partial charge in [-0.1, -0.05) is 11.6 Å². The number of rotatable bonds is 6. The second-order valence-corrected chi connectivity index (χ2v) is 4.37. The van der Waals surface area contributed by atoms with E-state index in [0.29, 0.717) is 10.8 Å². The lowest BCUT2D eigenvalue weighted by molar-refractivity contribution is 0.0912. The Bertz CT molecular complexity index is 631. The summed E-state index contributed by atoms with van der Waals surface area (Å²) in [6, 6.07) is 6.70. The molecule has 0 amide bonds. The quantitative estimate of drug-likeness (QED) is 0.763. The Hall–Kier alpha value is -2.34. The van der Waals surface area contributed by atoms with Crippen molar-refractivity contribution >= 4 is 17.4 Å². The zero-order valence-corrected chi connectivity index (χ0v) is 12.3. The predicted molar refractivity (Wildman–Crippen MR) is 76.4 cm³/mol. The topological polar surface area (TPSA) is 70.5 Å². The summed E-state index contributed by atoms with van der Waals surface area (Å²) in [6.07, 6.45) is 1.35. The molecule has 7 heteroatoms. The van der Waals surface area contributed by atoms with E-state index < -0.39 is 0 Å². The highest BCUT2D eigenvalue weighted by Gasteiger charge is 2.17. The SMILES string of the molecule is COc1cnc(C(=O)COc2ccc(Cl)cc2)c(OC)n1. The average molecular weight is 309 g/mol. The van der Waals surface area contributed by atoms with Crippen LogP contribution < -0.4 is 14.2 Å². The summed E-state index contributed by atoms with van der Waals surface area (Å²) >= 11 is 5.77. The molecule has 0 N–H and O–H groups in total. The zero-order chi connectivity index (χ0) is 15.2. The van der Waals surface area contributed by atoms with Crippen molar-refractivity contribution in [2.24, 2.45) is 0 Å². The minimum absolute atomic E-state index is 0.0901. The molecule has 0 aliphatic heterocycles. The van der Waals surface area contributed by atoms with Gasteiger partial charge >= 0.3 is 0 Å². The van der Waals surface area contributed by atoms with Crippen molar-refractivity contribution in [2.75, 3.05) is 20.8 Å². The number of aromatic nitrogens is 2. The number of hydrogen-bond donors (Lipinski definition) is 0. The maximum absolute atomic E-state index is 12.1. The van der Waals surface area contributed by atoms with Gasteiger partial charge < -0.3 is 14.2 Å². The molecule has 0 saturated carbocycles. The minimum atomic E-state index is -0.350. The van der Waals surface area contributed by atoms with Crippen LogP contribution in [0.25, 0.3) is 0 Å². The molecule has 0 aliphatic carbocycles. The highest BCUT2D eigenvalue weighted by atomic mass is 35.5. The van der Waals surface area contributed by atoms with E-state index in [9.17, 15) is 4.79 Å². The third-order valence-corrected chi connectivity index (χ3v) is 2.82. The molecule has 0 bridgehead atoms. The highest BCUT2D eigenvalue weighted by Crippen LogP contribution is 2.19. The second kappa shape index (κ2) is 6.90. The minimum Gasteiger partial charge on any atom is -0.485 e. The maximum Gasteiger partial charge on any atom is 0.246 e. The first-order valence-electron chi connectivity index (χ1n) is 6.00. The number of carbonyl (C=O) groups excluding carboxylic acids is 1. The molecule has 2 rings (SSSR count). The van der Waals surface area contributed by atoms with E-state index in [1.54, 1.807) is 24.3 Å². The molecule has 2 aromatic rings. The van der Waals surface area contributed by atoms with E-state index in [4.69, 9.17) is 25.8 Å². The van der Waals surface area contributed by atoms with Crippen LogP contribution in [-0.2, 0) is 0 Å². The van der Waals surface area contributed by atoms with Crippen LogP contribution in [0, 0.1) is 0 Å². The smallest absolute Gasteiger partial charge is 0.246 e. The van der Waals surface area contributed by atoms with Gasteiger partial charge in [0, 0.05) is 5.02 Å². The Labute approximate surface area is 126 Å². The molecule has 0 aliphatic rings. The molecule has 0 unspecified atom stereocenters. The van der Waals surface area contributed by atoms with Gasteiger partial charge in [0.25, 0.3) is 0 Å². The molecule has 0 saturated heterocycles. The summed E-state index contributed by atoms with van der Waals surface area (Å²) in [7, 11) is 2.86. The van der Waals surface area contributed by atoms with Crippen LogP contribution in [0.4, 0.5) is 0 Å². The van der Waals surface area contributed by atoms with Crippen molar-refractivity contribution in [1.29, 1.82) is 0 Å². The summed E-state index contributed by atoms with van der Waals surface area (Å²) in [5, 5.41) is 0.594. The van der Waals surface area contributed by atoms with E-state index in [2.05, 4.69) is 9.97 Å². The molecule has 1 aromatic heterocycles. The standard InChI is InChI=1S/C14H13ClN2O4/c1-19-12-7-16-13(14(17-12)20-2)11(18)8-21-10-5-3-9(15)4-6-10/h3-7H,8H2,1-2H3. The summed E-state index contributed by atoms with van der Waals surface area (Å²) in [5.41, 5.74) is 0.0901.